The van der Waals surface area contributed by atoms with Gasteiger partial charge < -0.3 is 10.1 Å². The Hall–Kier alpha value is -1.56. The number of hydrogen-bond acceptors (Lipinski definition) is 4. The molecule has 1 aromatic rings. The van der Waals surface area contributed by atoms with Gasteiger partial charge in [-0.2, -0.15) is 0 Å². The maximum atomic E-state index is 12.1. The van der Waals surface area contributed by atoms with Gasteiger partial charge in [0.2, 0.25) is 5.91 Å². The van der Waals surface area contributed by atoms with Crippen molar-refractivity contribution < 1.29 is 17.9 Å². The van der Waals surface area contributed by atoms with Crippen LogP contribution in [0.3, 0.4) is 0 Å². The number of rotatable bonds is 8. The molecule has 5 nitrogen and oxygen atoms in total. The van der Waals surface area contributed by atoms with Crippen molar-refractivity contribution >= 4 is 15.7 Å². The van der Waals surface area contributed by atoms with Crippen LogP contribution in [0.25, 0.3) is 0 Å². The monoisotopic (exact) mass is 353 g/mol. The topological polar surface area (TPSA) is 72.5 Å². The van der Waals surface area contributed by atoms with Crippen molar-refractivity contribution in [1.29, 1.82) is 0 Å². The summed E-state index contributed by atoms with van der Waals surface area (Å²) in [5, 5.41) is 2.48. The molecule has 0 atom stereocenters. The lowest BCUT2D eigenvalue weighted by Crippen LogP contribution is -2.31. The molecule has 1 N–H and O–H groups in total. The van der Waals surface area contributed by atoms with E-state index < -0.39 is 9.84 Å². The molecular weight excluding hydrogens is 326 g/mol. The van der Waals surface area contributed by atoms with Gasteiger partial charge in [0.15, 0.2) is 9.84 Å². The molecule has 1 aliphatic carbocycles. The second-order valence-corrected chi connectivity index (χ2v) is 8.95. The van der Waals surface area contributed by atoms with Gasteiger partial charge in [0.1, 0.15) is 12.4 Å². The maximum Gasteiger partial charge on any atom is 0.221 e. The van der Waals surface area contributed by atoms with E-state index in [0.717, 1.165) is 42.6 Å². The molecule has 0 saturated heterocycles. The molecule has 0 aliphatic heterocycles. The maximum absolute atomic E-state index is 12.1. The van der Waals surface area contributed by atoms with Crippen molar-refractivity contribution in [3.8, 4) is 5.75 Å². The minimum Gasteiger partial charge on any atom is -0.492 e. The van der Waals surface area contributed by atoms with Crippen molar-refractivity contribution in [2.24, 2.45) is 0 Å². The Kier molecular flexibility index (Phi) is 6.66. The van der Waals surface area contributed by atoms with Crippen molar-refractivity contribution in [3.05, 3.63) is 29.3 Å². The van der Waals surface area contributed by atoms with Crippen molar-refractivity contribution in [1.82, 2.24) is 5.32 Å². The lowest BCUT2D eigenvalue weighted by atomic mass is 10.1. The minimum absolute atomic E-state index is 0.0301. The van der Waals surface area contributed by atoms with Crippen LogP contribution in [0.2, 0.25) is 0 Å². The number of amides is 1. The molecule has 1 aliphatic rings. The molecule has 134 valence electrons. The van der Waals surface area contributed by atoms with Crippen LogP contribution in [0.4, 0.5) is 0 Å². The highest BCUT2D eigenvalue weighted by molar-refractivity contribution is 7.92. The second kappa shape index (κ2) is 8.51. The van der Waals surface area contributed by atoms with Crippen LogP contribution in [-0.4, -0.2) is 38.5 Å². The summed E-state index contributed by atoms with van der Waals surface area (Å²) in [5.41, 5.74) is 2.26. The molecule has 1 fully saturated rings. The summed E-state index contributed by atoms with van der Waals surface area (Å²) in [6, 6.07) is 5.96. The van der Waals surface area contributed by atoms with E-state index in [1.807, 2.05) is 26.0 Å². The number of nitrogens with one attached hydrogen (secondary N) is 1. The molecule has 0 spiro atoms. The largest absolute Gasteiger partial charge is 0.492 e. The Labute approximate surface area is 144 Å². The van der Waals surface area contributed by atoms with E-state index in [0.29, 0.717) is 13.2 Å². The summed E-state index contributed by atoms with van der Waals surface area (Å²) in [5.74, 6) is 0.493. The van der Waals surface area contributed by atoms with E-state index in [2.05, 4.69) is 11.4 Å². The third kappa shape index (κ3) is 5.82. The number of hydrogen-bond donors (Lipinski definition) is 1. The molecule has 6 heteroatoms. The summed E-state index contributed by atoms with van der Waals surface area (Å²) in [4.78, 5) is 11.8. The van der Waals surface area contributed by atoms with Crippen molar-refractivity contribution in [2.45, 2.75) is 51.2 Å². The Morgan fingerprint density at radius 2 is 1.79 bits per heavy atom. The van der Waals surface area contributed by atoms with Gasteiger partial charge in [0.05, 0.1) is 17.5 Å². The van der Waals surface area contributed by atoms with Crippen LogP contribution in [0.1, 0.15) is 43.2 Å². The smallest absolute Gasteiger partial charge is 0.221 e. The minimum atomic E-state index is -3.13. The van der Waals surface area contributed by atoms with E-state index in [9.17, 15) is 13.2 Å². The van der Waals surface area contributed by atoms with Crippen LogP contribution < -0.4 is 10.1 Å². The third-order valence-electron chi connectivity index (χ3n) is 4.31. The summed E-state index contributed by atoms with van der Waals surface area (Å²) in [6.07, 6.45) is 3.47. The average molecular weight is 353 g/mol. The zero-order valence-electron chi connectivity index (χ0n) is 14.5. The predicted molar refractivity (Wildman–Crippen MR) is 95.1 cm³/mol. The fourth-order valence-corrected chi connectivity index (χ4v) is 4.97. The molecule has 0 radical (unpaired) electrons. The normalized spacial score (nSPS) is 15.4. The first-order valence-electron chi connectivity index (χ1n) is 8.56. The standard InChI is InChI=1S/C18H27NO4S/c1-14-11-15(2)13-16(12-14)23-9-8-19-18(20)7-10-24(21,22)17-5-3-4-6-17/h11-13,17H,3-10H2,1-2H3,(H,19,20). The molecule has 0 heterocycles. The molecule has 1 amide bonds. The fourth-order valence-electron chi connectivity index (χ4n) is 3.11. The van der Waals surface area contributed by atoms with Crippen LogP contribution in [-0.2, 0) is 14.6 Å². The molecule has 24 heavy (non-hydrogen) atoms. The van der Waals surface area contributed by atoms with Gasteiger partial charge in [0.25, 0.3) is 0 Å². The molecule has 1 aromatic carbocycles. The van der Waals surface area contributed by atoms with Gasteiger partial charge in [-0.1, -0.05) is 18.9 Å². The highest BCUT2D eigenvalue weighted by atomic mass is 32.2. The van der Waals surface area contributed by atoms with Gasteiger partial charge in [-0.25, -0.2) is 8.42 Å². The molecule has 0 bridgehead atoms. The number of sulfone groups is 1. The lowest BCUT2D eigenvalue weighted by molar-refractivity contribution is -0.120. The molecular formula is C18H27NO4S. The first-order valence-corrected chi connectivity index (χ1v) is 10.3. The molecule has 2 rings (SSSR count). The molecule has 0 aromatic heterocycles. The van der Waals surface area contributed by atoms with Crippen molar-refractivity contribution in [2.75, 3.05) is 18.9 Å². The van der Waals surface area contributed by atoms with E-state index in [4.69, 9.17) is 4.74 Å². The highest BCUT2D eigenvalue weighted by Gasteiger charge is 2.28. The van der Waals surface area contributed by atoms with Crippen LogP contribution in [0.15, 0.2) is 18.2 Å². The Morgan fingerprint density at radius 1 is 1.17 bits per heavy atom. The number of carbonyl (C=O) groups excluding carboxylic acids is 1. The summed E-state index contributed by atoms with van der Waals surface area (Å²) in [6.45, 7) is 4.75. The van der Waals surface area contributed by atoms with Crippen LogP contribution >= 0.6 is 0 Å². The zero-order chi connectivity index (χ0) is 17.6. The van der Waals surface area contributed by atoms with Crippen LogP contribution in [0, 0.1) is 13.8 Å². The highest BCUT2D eigenvalue weighted by Crippen LogP contribution is 2.25. The predicted octanol–water partition coefficient (Wildman–Crippen LogP) is 2.55. The Morgan fingerprint density at radius 3 is 2.42 bits per heavy atom. The summed E-state index contributed by atoms with van der Waals surface area (Å²) < 4.78 is 29.8. The van der Waals surface area contributed by atoms with E-state index in [1.165, 1.54) is 0 Å². The second-order valence-electron chi connectivity index (χ2n) is 6.55. The first kappa shape index (κ1) is 18.8. The molecule has 1 saturated carbocycles. The van der Waals surface area contributed by atoms with E-state index >= 15 is 0 Å². The zero-order valence-corrected chi connectivity index (χ0v) is 15.3. The number of carbonyl (C=O) groups is 1. The van der Waals surface area contributed by atoms with E-state index in [1.54, 1.807) is 0 Å². The van der Waals surface area contributed by atoms with Crippen molar-refractivity contribution in [3.63, 3.8) is 0 Å². The fraction of sp³-hybridized carbons (Fsp3) is 0.611. The summed E-state index contributed by atoms with van der Waals surface area (Å²) >= 11 is 0. The molecule has 0 unspecified atom stereocenters. The van der Waals surface area contributed by atoms with E-state index in [-0.39, 0.29) is 23.3 Å². The summed E-state index contributed by atoms with van der Waals surface area (Å²) in [7, 11) is -3.13. The van der Waals surface area contributed by atoms with Gasteiger partial charge in [-0.15, -0.1) is 0 Å². The number of ether oxygens (including phenoxy) is 1. The number of aryl methyl sites for hydroxylation is 2. The quantitative estimate of drug-likeness (QED) is 0.729. The first-order chi connectivity index (χ1) is 11.4. The van der Waals surface area contributed by atoms with Crippen LogP contribution in [0.5, 0.6) is 5.75 Å². The average Bonchev–Trinajstić information content (AvgIpc) is 3.04. The third-order valence-corrected chi connectivity index (χ3v) is 6.57. The Bertz CT molecular complexity index is 643. The van der Waals surface area contributed by atoms with Gasteiger partial charge in [0, 0.05) is 6.42 Å². The Balaban J connectivity index is 1.66. The lowest BCUT2D eigenvalue weighted by Gasteiger charge is -2.11. The van der Waals surface area contributed by atoms with Gasteiger partial charge >= 0.3 is 0 Å². The van der Waals surface area contributed by atoms with Gasteiger partial charge in [-0.3, -0.25) is 4.79 Å². The van der Waals surface area contributed by atoms with Gasteiger partial charge in [-0.05, 0) is 49.9 Å². The SMILES string of the molecule is Cc1cc(C)cc(OCCNC(=O)CCS(=O)(=O)C2CCCC2)c1. The number of benzene rings is 1.